The molecule has 2 aromatic carbocycles. The van der Waals surface area contributed by atoms with Gasteiger partial charge in [-0.1, -0.05) is 38.1 Å². The van der Waals surface area contributed by atoms with Gasteiger partial charge in [0.15, 0.2) is 0 Å². The first-order chi connectivity index (χ1) is 15.0. The van der Waals surface area contributed by atoms with Gasteiger partial charge in [-0.3, -0.25) is 24.2 Å². The highest BCUT2D eigenvalue weighted by atomic mass is 16.5. The molecule has 2 aromatic rings. The molecule has 31 heavy (non-hydrogen) atoms. The fourth-order valence-electron chi connectivity index (χ4n) is 4.16. The second-order valence-corrected chi connectivity index (χ2v) is 8.29. The van der Waals surface area contributed by atoms with Crippen molar-refractivity contribution in [2.75, 3.05) is 31.6 Å². The maximum absolute atomic E-state index is 13.2. The molecule has 0 saturated carbocycles. The minimum Gasteiger partial charge on any atom is -0.379 e. The van der Waals surface area contributed by atoms with Gasteiger partial charge in [0.1, 0.15) is 6.04 Å². The summed E-state index contributed by atoms with van der Waals surface area (Å²) in [5.74, 6) is -1.45. The van der Waals surface area contributed by atoms with Crippen LogP contribution in [0.3, 0.4) is 0 Å². The second kappa shape index (κ2) is 8.99. The fraction of sp³-hybridized carbons (Fsp3) is 0.375. The average Bonchev–Trinajstić information content (AvgIpc) is 3.00. The van der Waals surface area contributed by atoms with Crippen LogP contribution in [0.25, 0.3) is 0 Å². The molecule has 4 rings (SSSR count). The van der Waals surface area contributed by atoms with E-state index in [2.05, 4.69) is 10.2 Å². The third-order valence-electron chi connectivity index (χ3n) is 5.71. The number of rotatable bonds is 6. The molecule has 7 nitrogen and oxygen atoms in total. The molecule has 1 saturated heterocycles. The number of imide groups is 1. The van der Waals surface area contributed by atoms with Gasteiger partial charge in [0.25, 0.3) is 11.8 Å². The van der Waals surface area contributed by atoms with Crippen molar-refractivity contribution in [2.24, 2.45) is 5.92 Å². The summed E-state index contributed by atoms with van der Waals surface area (Å²) in [6, 6.07) is 13.5. The van der Waals surface area contributed by atoms with Crippen LogP contribution in [-0.4, -0.2) is 59.9 Å². The minimum atomic E-state index is -0.893. The molecule has 3 amide bonds. The monoisotopic (exact) mass is 421 g/mol. The third kappa shape index (κ3) is 4.38. The SMILES string of the molecule is CC(C)C(C(=O)Nc1cccc(CN2CCOCC2)c1)N1C(=O)c2ccccc2C1=O. The van der Waals surface area contributed by atoms with Gasteiger partial charge in [-0.25, -0.2) is 0 Å². The first kappa shape index (κ1) is 21.2. The average molecular weight is 421 g/mol. The van der Waals surface area contributed by atoms with Crippen molar-refractivity contribution < 1.29 is 19.1 Å². The first-order valence-electron chi connectivity index (χ1n) is 10.6. The Labute approximate surface area is 182 Å². The highest BCUT2D eigenvalue weighted by molar-refractivity contribution is 6.23. The van der Waals surface area contributed by atoms with E-state index in [4.69, 9.17) is 4.74 Å². The van der Waals surface area contributed by atoms with E-state index < -0.39 is 17.9 Å². The van der Waals surface area contributed by atoms with Crippen molar-refractivity contribution in [3.8, 4) is 0 Å². The smallest absolute Gasteiger partial charge is 0.262 e. The van der Waals surface area contributed by atoms with E-state index in [1.165, 1.54) is 0 Å². The predicted octanol–water partition coefficient (Wildman–Crippen LogP) is 2.78. The molecule has 0 bridgehead atoms. The van der Waals surface area contributed by atoms with E-state index in [9.17, 15) is 14.4 Å². The number of amides is 3. The number of fused-ring (bicyclic) bond motifs is 1. The largest absolute Gasteiger partial charge is 0.379 e. The highest BCUT2D eigenvalue weighted by Crippen LogP contribution is 2.28. The molecule has 2 aliphatic heterocycles. The van der Waals surface area contributed by atoms with Crippen molar-refractivity contribution in [1.29, 1.82) is 0 Å². The van der Waals surface area contributed by atoms with E-state index in [1.807, 2.05) is 38.1 Å². The van der Waals surface area contributed by atoms with Crippen molar-refractivity contribution in [1.82, 2.24) is 9.80 Å². The Bertz CT molecular complexity index is 963. The molecule has 0 aliphatic carbocycles. The summed E-state index contributed by atoms with van der Waals surface area (Å²) in [5, 5.41) is 2.92. The number of nitrogens with zero attached hydrogens (tertiary/aromatic N) is 2. The molecule has 1 unspecified atom stereocenters. The lowest BCUT2D eigenvalue weighted by Gasteiger charge is -2.28. The van der Waals surface area contributed by atoms with E-state index >= 15 is 0 Å². The van der Waals surface area contributed by atoms with Crippen LogP contribution in [0.5, 0.6) is 0 Å². The lowest BCUT2D eigenvalue weighted by atomic mass is 10.0. The van der Waals surface area contributed by atoms with Crippen LogP contribution in [0.15, 0.2) is 48.5 Å². The fourth-order valence-corrected chi connectivity index (χ4v) is 4.16. The Morgan fingerprint density at radius 2 is 1.65 bits per heavy atom. The zero-order valence-corrected chi connectivity index (χ0v) is 17.8. The van der Waals surface area contributed by atoms with Gasteiger partial charge in [-0.15, -0.1) is 0 Å². The van der Waals surface area contributed by atoms with Crippen LogP contribution in [0.4, 0.5) is 5.69 Å². The van der Waals surface area contributed by atoms with E-state index in [0.29, 0.717) is 16.8 Å². The number of ether oxygens (including phenoxy) is 1. The van der Waals surface area contributed by atoms with Crippen molar-refractivity contribution in [3.63, 3.8) is 0 Å². The normalized spacial score (nSPS) is 17.7. The highest BCUT2D eigenvalue weighted by Gasteiger charge is 2.43. The van der Waals surface area contributed by atoms with E-state index in [1.54, 1.807) is 24.3 Å². The van der Waals surface area contributed by atoms with Crippen molar-refractivity contribution in [3.05, 3.63) is 65.2 Å². The van der Waals surface area contributed by atoms with E-state index in [0.717, 1.165) is 43.3 Å². The molecular weight excluding hydrogens is 394 g/mol. The molecule has 0 radical (unpaired) electrons. The Hall–Kier alpha value is -3.03. The Balaban J connectivity index is 1.51. The van der Waals surface area contributed by atoms with Crippen LogP contribution >= 0.6 is 0 Å². The molecular formula is C24H27N3O4. The van der Waals surface area contributed by atoms with Gasteiger partial charge in [0.05, 0.1) is 24.3 Å². The van der Waals surface area contributed by atoms with E-state index in [-0.39, 0.29) is 11.8 Å². The Morgan fingerprint density at radius 1 is 1.00 bits per heavy atom. The molecule has 0 spiro atoms. The summed E-state index contributed by atoms with van der Waals surface area (Å²) in [4.78, 5) is 42.4. The van der Waals surface area contributed by atoms with Gasteiger partial charge < -0.3 is 10.1 Å². The summed E-state index contributed by atoms with van der Waals surface area (Å²) in [6.07, 6.45) is 0. The van der Waals surface area contributed by atoms with Crippen LogP contribution in [-0.2, 0) is 16.1 Å². The summed E-state index contributed by atoms with van der Waals surface area (Å²) in [7, 11) is 0. The van der Waals surface area contributed by atoms with Gasteiger partial charge >= 0.3 is 0 Å². The second-order valence-electron chi connectivity index (χ2n) is 8.29. The predicted molar refractivity (Wildman–Crippen MR) is 117 cm³/mol. The quantitative estimate of drug-likeness (QED) is 0.726. The summed E-state index contributed by atoms with van der Waals surface area (Å²) in [6.45, 7) is 7.67. The zero-order chi connectivity index (χ0) is 22.0. The van der Waals surface area contributed by atoms with Crippen molar-refractivity contribution in [2.45, 2.75) is 26.4 Å². The third-order valence-corrected chi connectivity index (χ3v) is 5.71. The standard InChI is InChI=1S/C24H27N3O4/c1-16(2)21(27-23(29)19-8-3-4-9-20(19)24(27)30)22(28)25-18-7-5-6-17(14-18)15-26-10-12-31-13-11-26/h3-9,14,16,21H,10-13,15H2,1-2H3,(H,25,28). The molecule has 2 aliphatic rings. The summed E-state index contributed by atoms with van der Waals surface area (Å²) in [5.41, 5.74) is 2.43. The number of morpholine rings is 1. The van der Waals surface area contributed by atoms with Crippen LogP contribution in [0, 0.1) is 5.92 Å². The van der Waals surface area contributed by atoms with Gasteiger partial charge in [0.2, 0.25) is 5.91 Å². The molecule has 1 N–H and O–H groups in total. The lowest BCUT2D eigenvalue weighted by molar-refractivity contribution is -0.121. The maximum Gasteiger partial charge on any atom is 0.262 e. The van der Waals surface area contributed by atoms with Gasteiger partial charge in [0, 0.05) is 25.3 Å². The van der Waals surface area contributed by atoms with Gasteiger partial charge in [-0.2, -0.15) is 0 Å². The number of hydrogen-bond acceptors (Lipinski definition) is 5. The number of hydrogen-bond donors (Lipinski definition) is 1. The molecule has 1 atom stereocenters. The topological polar surface area (TPSA) is 79.0 Å². The molecule has 1 fully saturated rings. The first-order valence-corrected chi connectivity index (χ1v) is 10.6. The summed E-state index contributed by atoms with van der Waals surface area (Å²) >= 11 is 0. The molecule has 7 heteroatoms. The minimum absolute atomic E-state index is 0.237. The lowest BCUT2D eigenvalue weighted by Crippen LogP contribution is -2.50. The zero-order valence-electron chi connectivity index (χ0n) is 17.8. The molecule has 2 heterocycles. The van der Waals surface area contributed by atoms with Crippen LogP contribution < -0.4 is 5.32 Å². The molecule has 0 aromatic heterocycles. The number of benzene rings is 2. The maximum atomic E-state index is 13.2. The molecule has 162 valence electrons. The van der Waals surface area contributed by atoms with Crippen LogP contribution in [0.2, 0.25) is 0 Å². The Kier molecular flexibility index (Phi) is 6.15. The number of anilines is 1. The summed E-state index contributed by atoms with van der Waals surface area (Å²) < 4.78 is 5.39. The number of carbonyl (C=O) groups excluding carboxylic acids is 3. The van der Waals surface area contributed by atoms with Crippen LogP contribution in [0.1, 0.15) is 40.1 Å². The van der Waals surface area contributed by atoms with Gasteiger partial charge in [-0.05, 0) is 35.7 Å². The number of nitrogens with one attached hydrogen (secondary N) is 1. The Morgan fingerprint density at radius 3 is 2.26 bits per heavy atom. The van der Waals surface area contributed by atoms with Crippen molar-refractivity contribution >= 4 is 23.4 Å². The number of carbonyl (C=O) groups is 3.